The van der Waals surface area contributed by atoms with E-state index in [1.54, 1.807) is 31.2 Å². The molecule has 0 spiro atoms. The van der Waals surface area contributed by atoms with Crippen molar-refractivity contribution in [1.29, 1.82) is 0 Å². The molecule has 0 radical (unpaired) electrons. The van der Waals surface area contributed by atoms with Gasteiger partial charge in [-0.2, -0.15) is 0 Å². The van der Waals surface area contributed by atoms with Gasteiger partial charge >= 0.3 is 5.97 Å². The number of Topliss-reactive ketones (excluding diaryl/α,β-unsaturated/α-hetero) is 1. The molecule has 0 saturated carbocycles. The van der Waals surface area contributed by atoms with Gasteiger partial charge in [0.2, 0.25) is 5.89 Å². The average Bonchev–Trinajstić information content (AvgIpc) is 3.17. The van der Waals surface area contributed by atoms with Gasteiger partial charge in [0, 0.05) is 22.6 Å². The number of esters is 1. The maximum atomic E-state index is 13.0. The number of carbonyl (C=O) groups excluding carboxylic acids is 2. The van der Waals surface area contributed by atoms with Crippen LogP contribution in [0.15, 0.2) is 52.9 Å². The second-order valence-electron chi connectivity index (χ2n) is 6.01. The van der Waals surface area contributed by atoms with Crippen LogP contribution < -0.4 is 0 Å². The highest BCUT2D eigenvalue weighted by Gasteiger charge is 2.20. The molecule has 1 atom stereocenters. The van der Waals surface area contributed by atoms with Gasteiger partial charge in [0.1, 0.15) is 5.82 Å². The van der Waals surface area contributed by atoms with Crippen molar-refractivity contribution in [3.63, 3.8) is 0 Å². The zero-order valence-corrected chi connectivity index (χ0v) is 15.6. The largest absolute Gasteiger partial charge is 0.453 e. The van der Waals surface area contributed by atoms with Gasteiger partial charge in [0.25, 0.3) is 5.89 Å². The molecule has 3 aromatic rings. The van der Waals surface area contributed by atoms with Crippen molar-refractivity contribution in [2.24, 2.45) is 0 Å². The van der Waals surface area contributed by atoms with E-state index in [2.05, 4.69) is 10.2 Å². The van der Waals surface area contributed by atoms with E-state index in [-0.39, 0.29) is 36.2 Å². The van der Waals surface area contributed by atoms with Crippen LogP contribution in [0.2, 0.25) is 5.02 Å². The lowest BCUT2D eigenvalue weighted by atomic mass is 10.1. The van der Waals surface area contributed by atoms with Crippen LogP contribution in [0, 0.1) is 5.82 Å². The fraction of sp³-hybridized carbons (Fsp3) is 0.200. The van der Waals surface area contributed by atoms with Crippen LogP contribution >= 0.6 is 11.6 Å². The molecule has 3 rings (SSSR count). The summed E-state index contributed by atoms with van der Waals surface area (Å²) in [5.41, 5.74) is 1.03. The van der Waals surface area contributed by atoms with E-state index >= 15 is 0 Å². The number of ketones is 1. The summed E-state index contributed by atoms with van der Waals surface area (Å²) in [6.07, 6.45) is -0.845. The Balaban J connectivity index is 1.53. The topological polar surface area (TPSA) is 82.3 Å². The Morgan fingerprint density at radius 2 is 1.75 bits per heavy atom. The molecule has 1 heterocycles. The highest BCUT2D eigenvalue weighted by molar-refractivity contribution is 6.30. The molecule has 0 saturated heterocycles. The molecule has 2 aromatic carbocycles. The highest BCUT2D eigenvalue weighted by atomic mass is 35.5. The Labute approximate surface area is 165 Å². The molecule has 6 nitrogen and oxygen atoms in total. The third-order valence-electron chi connectivity index (χ3n) is 3.91. The van der Waals surface area contributed by atoms with Gasteiger partial charge < -0.3 is 9.15 Å². The van der Waals surface area contributed by atoms with Crippen LogP contribution in [-0.4, -0.2) is 21.9 Å². The monoisotopic (exact) mass is 402 g/mol. The minimum Gasteiger partial charge on any atom is -0.453 e. The smallest absolute Gasteiger partial charge is 0.307 e. The molecule has 1 aromatic heterocycles. The maximum absolute atomic E-state index is 13.0. The van der Waals surface area contributed by atoms with Crippen LogP contribution in [0.3, 0.4) is 0 Å². The Morgan fingerprint density at radius 1 is 1.07 bits per heavy atom. The predicted molar refractivity (Wildman–Crippen MR) is 99.2 cm³/mol. The van der Waals surface area contributed by atoms with Crippen LogP contribution in [0.5, 0.6) is 0 Å². The first-order valence-corrected chi connectivity index (χ1v) is 8.88. The van der Waals surface area contributed by atoms with Crippen molar-refractivity contribution < 1.29 is 23.1 Å². The van der Waals surface area contributed by atoms with Crippen molar-refractivity contribution >= 4 is 23.4 Å². The first-order valence-electron chi connectivity index (χ1n) is 8.50. The fourth-order valence-electron chi connectivity index (χ4n) is 2.41. The van der Waals surface area contributed by atoms with Crippen molar-refractivity contribution in [2.75, 3.05) is 0 Å². The standard InChI is InChI=1S/C20H16ClFN2O4/c1-12(19-23-24-20(28-19)14-4-8-16(22)9-5-14)27-18(26)11-10-17(25)13-2-6-15(21)7-3-13/h2-9,12H,10-11H2,1H3/t12-/m1/s1. The molecule has 0 bridgehead atoms. The molecule has 0 aliphatic carbocycles. The van der Waals surface area contributed by atoms with Crippen molar-refractivity contribution in [1.82, 2.24) is 10.2 Å². The average molecular weight is 403 g/mol. The molecule has 28 heavy (non-hydrogen) atoms. The van der Waals surface area contributed by atoms with E-state index in [9.17, 15) is 14.0 Å². The molecule has 144 valence electrons. The third-order valence-corrected chi connectivity index (χ3v) is 4.16. The number of carbonyl (C=O) groups is 2. The first kappa shape index (κ1) is 19.7. The van der Waals surface area contributed by atoms with E-state index in [0.29, 0.717) is 16.1 Å². The van der Waals surface area contributed by atoms with Gasteiger partial charge in [-0.15, -0.1) is 10.2 Å². The van der Waals surface area contributed by atoms with Crippen LogP contribution in [0.1, 0.15) is 42.1 Å². The second-order valence-corrected chi connectivity index (χ2v) is 6.45. The summed E-state index contributed by atoms with van der Waals surface area (Å²) >= 11 is 5.79. The van der Waals surface area contributed by atoms with Gasteiger partial charge in [0.05, 0.1) is 6.42 Å². The summed E-state index contributed by atoms with van der Waals surface area (Å²) in [6.45, 7) is 1.58. The van der Waals surface area contributed by atoms with E-state index in [1.807, 2.05) is 0 Å². The normalized spacial score (nSPS) is 11.8. The van der Waals surface area contributed by atoms with Gasteiger partial charge in [-0.1, -0.05) is 11.6 Å². The number of rotatable bonds is 7. The summed E-state index contributed by atoms with van der Waals surface area (Å²) in [4.78, 5) is 24.1. The molecule has 0 amide bonds. The Bertz CT molecular complexity index is 971. The molecule has 0 aliphatic rings. The molecular weight excluding hydrogens is 387 g/mol. The number of halogens is 2. The molecule has 0 aliphatic heterocycles. The molecule has 8 heteroatoms. The van der Waals surface area contributed by atoms with Gasteiger partial charge in [0.15, 0.2) is 11.9 Å². The maximum Gasteiger partial charge on any atom is 0.307 e. The first-order chi connectivity index (χ1) is 13.4. The number of ether oxygens (including phenoxy) is 1. The van der Waals surface area contributed by atoms with E-state index in [0.717, 1.165) is 0 Å². The minimum atomic E-state index is -0.778. The molecule has 0 fully saturated rings. The lowest BCUT2D eigenvalue weighted by molar-refractivity contribution is -0.149. The molecule has 0 unspecified atom stereocenters. The van der Waals surface area contributed by atoms with E-state index < -0.39 is 12.1 Å². The summed E-state index contributed by atoms with van der Waals surface area (Å²) in [5, 5.41) is 8.25. The number of hydrogen-bond acceptors (Lipinski definition) is 6. The summed E-state index contributed by atoms with van der Waals surface area (Å²) < 4.78 is 23.7. The Hall–Kier alpha value is -3.06. The summed E-state index contributed by atoms with van der Waals surface area (Å²) in [6, 6.07) is 12.0. The van der Waals surface area contributed by atoms with Crippen LogP contribution in [0.4, 0.5) is 4.39 Å². The highest BCUT2D eigenvalue weighted by Crippen LogP contribution is 2.23. The van der Waals surface area contributed by atoms with Crippen molar-refractivity contribution in [2.45, 2.75) is 25.9 Å². The number of aromatic nitrogens is 2. The predicted octanol–water partition coefficient (Wildman–Crippen LogP) is 4.80. The quantitative estimate of drug-likeness (QED) is 0.417. The lowest BCUT2D eigenvalue weighted by Gasteiger charge is -2.09. The van der Waals surface area contributed by atoms with Gasteiger partial charge in [-0.05, 0) is 55.5 Å². The fourth-order valence-corrected chi connectivity index (χ4v) is 2.54. The van der Waals surface area contributed by atoms with Gasteiger partial charge in [-0.25, -0.2) is 4.39 Å². The van der Waals surface area contributed by atoms with E-state index in [1.165, 1.54) is 24.3 Å². The number of nitrogens with zero attached hydrogens (tertiary/aromatic N) is 2. The SMILES string of the molecule is C[C@@H](OC(=O)CCC(=O)c1ccc(Cl)cc1)c1nnc(-c2ccc(F)cc2)o1. The number of benzene rings is 2. The van der Waals surface area contributed by atoms with Crippen LogP contribution in [0.25, 0.3) is 11.5 Å². The Kier molecular flexibility index (Phi) is 6.16. The number of hydrogen-bond donors (Lipinski definition) is 0. The summed E-state index contributed by atoms with van der Waals surface area (Å²) in [5.74, 6) is -0.819. The van der Waals surface area contributed by atoms with Gasteiger partial charge in [-0.3, -0.25) is 9.59 Å². The van der Waals surface area contributed by atoms with Crippen molar-refractivity contribution in [3.8, 4) is 11.5 Å². The molecule has 0 N–H and O–H groups in total. The van der Waals surface area contributed by atoms with Crippen molar-refractivity contribution in [3.05, 3.63) is 70.8 Å². The van der Waals surface area contributed by atoms with Crippen LogP contribution in [-0.2, 0) is 9.53 Å². The third kappa shape index (κ3) is 5.01. The Morgan fingerprint density at radius 3 is 2.43 bits per heavy atom. The summed E-state index contributed by atoms with van der Waals surface area (Å²) in [7, 11) is 0. The minimum absolute atomic E-state index is 0.0118. The zero-order chi connectivity index (χ0) is 20.1. The lowest BCUT2D eigenvalue weighted by Crippen LogP contribution is -2.11. The van der Waals surface area contributed by atoms with E-state index in [4.69, 9.17) is 20.8 Å². The second kappa shape index (κ2) is 8.75. The molecular formula is C20H16ClFN2O4. The zero-order valence-electron chi connectivity index (χ0n) is 14.9.